The van der Waals surface area contributed by atoms with Crippen LogP contribution in [0, 0.1) is 20.8 Å². The van der Waals surface area contributed by atoms with Gasteiger partial charge < -0.3 is 0 Å². The summed E-state index contributed by atoms with van der Waals surface area (Å²) in [4.78, 5) is 26.3. The first-order valence-corrected chi connectivity index (χ1v) is 14.1. The summed E-state index contributed by atoms with van der Waals surface area (Å²) in [6.07, 6.45) is 5.51. The molecule has 1 atom stereocenters. The number of carbonyl (C=O) groups excluding carboxylic acids is 2. The molecule has 0 saturated carbocycles. The number of anilines is 1. The molecule has 1 saturated heterocycles. The number of ether oxygens (including phenoxy) is 1. The predicted octanol–water partition coefficient (Wildman–Crippen LogP) is 5.62. The first kappa shape index (κ1) is 23.5. The van der Waals surface area contributed by atoms with Gasteiger partial charge in [-0.2, -0.15) is 0 Å². The molecule has 1 N–H and O–H groups in total. The second kappa shape index (κ2) is 10.4. The molecule has 4 nitrogen and oxygen atoms in total. The number of benzene rings is 2. The zero-order chi connectivity index (χ0) is 22.4. The van der Waals surface area contributed by atoms with Crippen molar-refractivity contribution in [3.05, 3.63) is 64.7 Å². The Morgan fingerprint density at radius 2 is 1.65 bits per heavy atom. The van der Waals surface area contributed by atoms with Crippen LogP contribution in [0.5, 0.6) is 0 Å². The Bertz CT molecular complexity index is 896. The molecule has 1 aliphatic heterocycles. The summed E-state index contributed by atoms with van der Waals surface area (Å²) in [6, 6.07) is 14.0. The van der Waals surface area contributed by atoms with Gasteiger partial charge >= 0.3 is 187 Å². The molecule has 0 radical (unpaired) electrons. The van der Waals surface area contributed by atoms with Crippen LogP contribution in [-0.4, -0.2) is 36.0 Å². The van der Waals surface area contributed by atoms with Gasteiger partial charge in [-0.05, 0) is 0 Å². The quantitative estimate of drug-likeness (QED) is 0.428. The maximum absolute atomic E-state index is 13.5. The Morgan fingerprint density at radius 1 is 1.03 bits per heavy atom. The topological polar surface area (TPSA) is 55.4 Å². The molecule has 1 unspecified atom stereocenters. The van der Waals surface area contributed by atoms with E-state index in [2.05, 4.69) is 31.3 Å². The number of hydrogen-bond acceptors (Lipinski definition) is 3. The van der Waals surface area contributed by atoms with Crippen LogP contribution in [0.15, 0.2) is 42.5 Å². The van der Waals surface area contributed by atoms with Gasteiger partial charge in [0.25, 0.3) is 0 Å². The van der Waals surface area contributed by atoms with Gasteiger partial charge in [0.1, 0.15) is 0 Å². The van der Waals surface area contributed by atoms with Gasteiger partial charge in [0, 0.05) is 0 Å². The normalized spacial score (nSPS) is 17.0. The van der Waals surface area contributed by atoms with Crippen LogP contribution in [0.4, 0.5) is 5.69 Å². The number of hydrogen-bond donors (Lipinski definition) is 1. The van der Waals surface area contributed by atoms with Crippen LogP contribution in [-0.2, 0) is 20.9 Å². The zero-order valence-electron chi connectivity index (χ0n) is 19.3. The SMILES string of the molecule is CCC(C(=O)Nc1c(C)cc(C)cc1C)[PH]1(CC(=O)OCc2ccccc2)CCCC1. The second-order valence-corrected chi connectivity index (χ2v) is 13.9. The molecule has 1 amide bonds. The maximum atomic E-state index is 13.5. The van der Waals surface area contributed by atoms with E-state index in [1.165, 1.54) is 5.56 Å². The number of esters is 1. The minimum absolute atomic E-state index is 0.0700. The van der Waals surface area contributed by atoms with Crippen LogP contribution < -0.4 is 5.32 Å². The van der Waals surface area contributed by atoms with Crippen molar-refractivity contribution in [2.24, 2.45) is 0 Å². The van der Waals surface area contributed by atoms with Crippen molar-refractivity contribution in [3.8, 4) is 0 Å². The van der Waals surface area contributed by atoms with Gasteiger partial charge in [-0.15, -0.1) is 0 Å². The summed E-state index contributed by atoms with van der Waals surface area (Å²) in [5.41, 5.74) is 5.22. The van der Waals surface area contributed by atoms with Crippen LogP contribution in [0.1, 0.15) is 48.4 Å². The average molecular weight is 442 g/mol. The molecule has 0 aromatic heterocycles. The van der Waals surface area contributed by atoms with E-state index in [0.717, 1.165) is 54.0 Å². The summed E-state index contributed by atoms with van der Waals surface area (Å²) in [5.74, 6) is -0.0617. The Labute approximate surface area is 187 Å². The third-order valence-corrected chi connectivity index (χ3v) is 12.6. The predicted molar refractivity (Wildman–Crippen MR) is 132 cm³/mol. The van der Waals surface area contributed by atoms with Crippen molar-refractivity contribution in [2.45, 2.75) is 59.2 Å². The molecule has 1 aliphatic rings. The molecule has 168 valence electrons. The first-order chi connectivity index (χ1) is 14.8. The van der Waals surface area contributed by atoms with Crippen molar-refractivity contribution in [3.63, 3.8) is 0 Å². The van der Waals surface area contributed by atoms with E-state index in [1.54, 1.807) is 0 Å². The average Bonchev–Trinajstić information content (AvgIpc) is 3.19. The monoisotopic (exact) mass is 441 g/mol. The van der Waals surface area contributed by atoms with Gasteiger partial charge in [-0.3, -0.25) is 0 Å². The van der Waals surface area contributed by atoms with Crippen LogP contribution >= 0.6 is 7.26 Å². The van der Waals surface area contributed by atoms with Gasteiger partial charge in [-0.25, -0.2) is 0 Å². The molecular formula is C26H36NO3P. The van der Waals surface area contributed by atoms with Crippen molar-refractivity contribution in [1.82, 2.24) is 0 Å². The van der Waals surface area contributed by atoms with E-state index >= 15 is 0 Å². The Kier molecular flexibility index (Phi) is 7.89. The van der Waals surface area contributed by atoms with E-state index in [1.807, 2.05) is 44.2 Å². The van der Waals surface area contributed by atoms with Gasteiger partial charge in [0.2, 0.25) is 0 Å². The summed E-state index contributed by atoms with van der Waals surface area (Å²) >= 11 is 0. The number of carbonyl (C=O) groups is 2. The molecule has 1 heterocycles. The second-order valence-electron chi connectivity index (χ2n) is 9.12. The molecule has 3 rings (SSSR count). The first-order valence-electron chi connectivity index (χ1n) is 11.4. The summed E-state index contributed by atoms with van der Waals surface area (Å²) in [7, 11) is -2.11. The Balaban J connectivity index is 1.73. The molecule has 5 heteroatoms. The molecule has 2 aromatic rings. The van der Waals surface area contributed by atoms with Crippen LogP contribution in [0.3, 0.4) is 0 Å². The van der Waals surface area contributed by atoms with E-state index in [4.69, 9.17) is 4.74 Å². The summed E-state index contributed by atoms with van der Waals surface area (Å²) in [6.45, 7) is 8.54. The van der Waals surface area contributed by atoms with E-state index in [9.17, 15) is 9.59 Å². The van der Waals surface area contributed by atoms with Gasteiger partial charge in [0.15, 0.2) is 0 Å². The van der Waals surface area contributed by atoms with E-state index in [-0.39, 0.29) is 17.5 Å². The number of rotatable bonds is 8. The Morgan fingerprint density at radius 3 is 2.23 bits per heavy atom. The molecule has 0 aliphatic carbocycles. The Hall–Kier alpha value is -2.19. The number of nitrogens with one attached hydrogen (secondary N) is 1. The molecule has 0 bridgehead atoms. The molecule has 2 aromatic carbocycles. The van der Waals surface area contributed by atoms with Gasteiger partial charge in [-0.1, -0.05) is 0 Å². The third kappa shape index (κ3) is 5.74. The van der Waals surface area contributed by atoms with Crippen LogP contribution in [0.25, 0.3) is 0 Å². The fraction of sp³-hybridized carbons (Fsp3) is 0.462. The fourth-order valence-corrected chi connectivity index (χ4v) is 10.9. The zero-order valence-corrected chi connectivity index (χ0v) is 20.3. The summed E-state index contributed by atoms with van der Waals surface area (Å²) in [5, 5.41) is 3.23. The fourth-order valence-electron chi connectivity index (χ4n) is 5.29. The van der Waals surface area contributed by atoms with Crippen molar-refractivity contribution >= 4 is 24.8 Å². The molecular weight excluding hydrogens is 405 g/mol. The van der Waals surface area contributed by atoms with Crippen LogP contribution in [0.2, 0.25) is 0 Å². The standard InChI is InChI=1S/C26H36NO3P/c1-5-23(26(29)27-25-20(3)15-19(2)16-21(25)4)31(13-9-10-14-31)18-24(28)30-17-22-11-7-6-8-12-22/h6-8,11-12,15-16,23,31H,5,9-10,13-14,17-18H2,1-4H3,(H,27,29). The molecule has 31 heavy (non-hydrogen) atoms. The van der Waals surface area contributed by atoms with E-state index in [0.29, 0.717) is 12.8 Å². The van der Waals surface area contributed by atoms with Crippen molar-refractivity contribution in [2.75, 3.05) is 23.8 Å². The summed E-state index contributed by atoms with van der Waals surface area (Å²) < 4.78 is 5.62. The molecule has 1 fully saturated rings. The van der Waals surface area contributed by atoms with Crippen molar-refractivity contribution < 1.29 is 14.3 Å². The number of aryl methyl sites for hydroxylation is 3. The molecule has 0 spiro atoms. The van der Waals surface area contributed by atoms with Gasteiger partial charge in [0.05, 0.1) is 0 Å². The van der Waals surface area contributed by atoms with Crippen molar-refractivity contribution in [1.29, 1.82) is 0 Å². The number of amides is 1. The third-order valence-electron chi connectivity index (χ3n) is 6.73. The minimum atomic E-state index is -2.11. The van der Waals surface area contributed by atoms with E-state index < -0.39 is 7.26 Å².